The molecule has 74 valence electrons. The number of benzene rings is 1. The maximum absolute atomic E-state index is 13.4. The summed E-state index contributed by atoms with van der Waals surface area (Å²) in [5, 5.41) is 0. The van der Waals surface area contributed by atoms with Crippen LogP contribution >= 0.6 is 0 Å². The predicted molar refractivity (Wildman–Crippen MR) is 51.1 cm³/mol. The Morgan fingerprint density at radius 2 is 2.07 bits per heavy atom. The molecular formula is C11H12FNO. The fraction of sp³-hybridized carbons (Fsp3) is 0.364. The molecule has 2 rings (SSSR count). The largest absolute Gasteiger partial charge is 0.321 e. The van der Waals surface area contributed by atoms with Gasteiger partial charge in [0.1, 0.15) is 11.6 Å². The molecule has 0 saturated heterocycles. The quantitative estimate of drug-likeness (QED) is 0.738. The molecular weight excluding hydrogens is 181 g/mol. The van der Waals surface area contributed by atoms with Gasteiger partial charge in [-0.2, -0.15) is 0 Å². The van der Waals surface area contributed by atoms with Crippen molar-refractivity contribution in [1.29, 1.82) is 0 Å². The normalized spacial score (nSPS) is 26.9. The lowest BCUT2D eigenvalue weighted by molar-refractivity contribution is -0.117. The second-order valence-electron chi connectivity index (χ2n) is 3.85. The van der Waals surface area contributed by atoms with Gasteiger partial charge in [0.15, 0.2) is 0 Å². The molecule has 3 heteroatoms. The summed E-state index contributed by atoms with van der Waals surface area (Å²) in [4.78, 5) is 11.1. The summed E-state index contributed by atoms with van der Waals surface area (Å²) in [6.07, 6.45) is 1.27. The number of carbonyl (C=O) groups excluding carboxylic acids is 1. The molecule has 0 radical (unpaired) electrons. The second kappa shape index (κ2) is 3.17. The van der Waals surface area contributed by atoms with Crippen LogP contribution in [0.4, 0.5) is 4.39 Å². The van der Waals surface area contributed by atoms with E-state index >= 15 is 0 Å². The Morgan fingerprint density at radius 1 is 1.36 bits per heavy atom. The highest BCUT2D eigenvalue weighted by Gasteiger charge is 2.37. The number of hydrogen-bond donors (Lipinski definition) is 1. The maximum atomic E-state index is 13.4. The van der Waals surface area contributed by atoms with E-state index in [1.54, 1.807) is 18.2 Å². The molecule has 1 aromatic carbocycles. The fourth-order valence-corrected chi connectivity index (χ4v) is 1.99. The van der Waals surface area contributed by atoms with Gasteiger partial charge in [-0.05, 0) is 12.5 Å². The zero-order valence-corrected chi connectivity index (χ0v) is 7.79. The molecule has 1 fully saturated rings. The van der Waals surface area contributed by atoms with E-state index in [2.05, 4.69) is 0 Å². The van der Waals surface area contributed by atoms with Crippen LogP contribution in [0, 0.1) is 5.82 Å². The Kier molecular flexibility index (Phi) is 2.11. The lowest BCUT2D eigenvalue weighted by Gasteiger charge is -2.23. The number of nitrogens with two attached hydrogens (primary N) is 1. The van der Waals surface area contributed by atoms with Gasteiger partial charge in [-0.3, -0.25) is 4.79 Å². The Balaban J connectivity index is 2.40. The molecule has 0 amide bonds. The van der Waals surface area contributed by atoms with Gasteiger partial charge in [0.25, 0.3) is 0 Å². The highest BCUT2D eigenvalue weighted by molar-refractivity contribution is 5.82. The maximum Gasteiger partial charge on any atom is 0.135 e. The van der Waals surface area contributed by atoms with Crippen molar-refractivity contribution in [2.75, 3.05) is 0 Å². The van der Waals surface area contributed by atoms with E-state index in [0.717, 1.165) is 0 Å². The molecule has 1 atom stereocenters. The molecule has 0 spiro atoms. The topological polar surface area (TPSA) is 43.1 Å². The van der Waals surface area contributed by atoms with E-state index < -0.39 is 5.54 Å². The van der Waals surface area contributed by atoms with Crippen LogP contribution in [0.15, 0.2) is 24.3 Å². The van der Waals surface area contributed by atoms with Crippen LogP contribution in [0.2, 0.25) is 0 Å². The number of rotatable bonds is 1. The molecule has 2 nitrogen and oxygen atoms in total. The van der Waals surface area contributed by atoms with E-state index in [1.165, 1.54) is 6.07 Å². The summed E-state index contributed by atoms with van der Waals surface area (Å²) in [5.74, 6) is -0.194. The molecule has 0 aliphatic heterocycles. The van der Waals surface area contributed by atoms with Crippen LogP contribution in [0.25, 0.3) is 0 Å². The van der Waals surface area contributed by atoms with Gasteiger partial charge in [0.2, 0.25) is 0 Å². The summed E-state index contributed by atoms with van der Waals surface area (Å²) in [7, 11) is 0. The van der Waals surface area contributed by atoms with Crippen LogP contribution in [0.5, 0.6) is 0 Å². The average Bonchev–Trinajstić information content (AvgIpc) is 2.48. The number of Topliss-reactive ketones (excluding diaryl/α,β-unsaturated/α-hetero) is 1. The number of halogens is 1. The Bertz CT molecular complexity index is 377. The molecule has 1 aromatic rings. The molecule has 1 aliphatic carbocycles. The average molecular weight is 193 g/mol. The van der Waals surface area contributed by atoms with Crippen molar-refractivity contribution in [1.82, 2.24) is 0 Å². The summed E-state index contributed by atoms with van der Waals surface area (Å²) in [5.41, 5.74) is 5.70. The first-order valence-corrected chi connectivity index (χ1v) is 4.67. The lowest BCUT2D eigenvalue weighted by atomic mass is 9.89. The summed E-state index contributed by atoms with van der Waals surface area (Å²) < 4.78 is 13.4. The minimum Gasteiger partial charge on any atom is -0.321 e. The standard InChI is InChI=1S/C11H12FNO/c12-10-4-2-1-3-9(10)11(13)6-5-8(14)7-11/h1-4H,5-7,13H2. The van der Waals surface area contributed by atoms with Crippen molar-refractivity contribution >= 4 is 5.78 Å². The molecule has 0 heterocycles. The first-order chi connectivity index (χ1) is 6.62. The third kappa shape index (κ3) is 1.44. The minimum absolute atomic E-state index is 0.121. The smallest absolute Gasteiger partial charge is 0.135 e. The van der Waals surface area contributed by atoms with Gasteiger partial charge in [0, 0.05) is 18.4 Å². The highest BCUT2D eigenvalue weighted by Crippen LogP contribution is 2.35. The van der Waals surface area contributed by atoms with Crippen molar-refractivity contribution in [3.8, 4) is 0 Å². The van der Waals surface area contributed by atoms with Crippen molar-refractivity contribution in [3.05, 3.63) is 35.6 Å². The van der Waals surface area contributed by atoms with Gasteiger partial charge in [-0.1, -0.05) is 18.2 Å². The third-order valence-electron chi connectivity index (χ3n) is 2.77. The van der Waals surface area contributed by atoms with Crippen molar-refractivity contribution in [2.24, 2.45) is 5.73 Å². The lowest BCUT2D eigenvalue weighted by Crippen LogP contribution is -2.34. The van der Waals surface area contributed by atoms with Gasteiger partial charge in [-0.15, -0.1) is 0 Å². The minimum atomic E-state index is -0.775. The van der Waals surface area contributed by atoms with Crippen LogP contribution in [-0.4, -0.2) is 5.78 Å². The van der Waals surface area contributed by atoms with Crippen LogP contribution in [0.1, 0.15) is 24.8 Å². The third-order valence-corrected chi connectivity index (χ3v) is 2.77. The van der Waals surface area contributed by atoms with Gasteiger partial charge < -0.3 is 5.73 Å². The number of carbonyl (C=O) groups is 1. The molecule has 1 aliphatic rings. The van der Waals surface area contributed by atoms with Gasteiger partial charge >= 0.3 is 0 Å². The van der Waals surface area contributed by atoms with E-state index in [9.17, 15) is 9.18 Å². The zero-order chi connectivity index (χ0) is 10.2. The zero-order valence-electron chi connectivity index (χ0n) is 7.79. The molecule has 14 heavy (non-hydrogen) atoms. The molecule has 2 N–H and O–H groups in total. The first kappa shape index (κ1) is 9.34. The van der Waals surface area contributed by atoms with Crippen LogP contribution < -0.4 is 5.73 Å². The summed E-state index contributed by atoms with van der Waals surface area (Å²) >= 11 is 0. The van der Waals surface area contributed by atoms with Crippen molar-refractivity contribution in [3.63, 3.8) is 0 Å². The highest BCUT2D eigenvalue weighted by atomic mass is 19.1. The van der Waals surface area contributed by atoms with Crippen molar-refractivity contribution in [2.45, 2.75) is 24.8 Å². The van der Waals surface area contributed by atoms with Crippen LogP contribution in [-0.2, 0) is 10.3 Å². The number of hydrogen-bond acceptors (Lipinski definition) is 2. The molecule has 1 saturated carbocycles. The predicted octanol–water partition coefficient (Wildman–Crippen LogP) is 1.73. The monoisotopic (exact) mass is 193 g/mol. The van der Waals surface area contributed by atoms with Crippen LogP contribution in [0.3, 0.4) is 0 Å². The Morgan fingerprint density at radius 3 is 2.64 bits per heavy atom. The van der Waals surface area contributed by atoms with Crippen molar-refractivity contribution < 1.29 is 9.18 Å². The SMILES string of the molecule is NC1(c2ccccc2F)CCC(=O)C1. The Hall–Kier alpha value is -1.22. The Labute approximate surface area is 81.9 Å². The van der Waals surface area contributed by atoms with Gasteiger partial charge in [0.05, 0.1) is 5.54 Å². The first-order valence-electron chi connectivity index (χ1n) is 4.67. The molecule has 0 aromatic heterocycles. The van der Waals surface area contributed by atoms with E-state index in [0.29, 0.717) is 18.4 Å². The summed E-state index contributed by atoms with van der Waals surface area (Å²) in [6, 6.07) is 6.41. The molecule has 0 bridgehead atoms. The summed E-state index contributed by atoms with van der Waals surface area (Å²) in [6.45, 7) is 0. The van der Waals surface area contributed by atoms with Gasteiger partial charge in [-0.25, -0.2) is 4.39 Å². The van der Waals surface area contributed by atoms with E-state index in [-0.39, 0.29) is 18.0 Å². The fourth-order valence-electron chi connectivity index (χ4n) is 1.99. The number of ketones is 1. The van der Waals surface area contributed by atoms with E-state index in [1.807, 2.05) is 0 Å². The van der Waals surface area contributed by atoms with E-state index in [4.69, 9.17) is 5.73 Å². The second-order valence-corrected chi connectivity index (χ2v) is 3.85. The molecule has 1 unspecified atom stereocenters.